The summed E-state index contributed by atoms with van der Waals surface area (Å²) in [5.41, 5.74) is 6.77. The summed E-state index contributed by atoms with van der Waals surface area (Å²) in [4.78, 5) is 10.1. The molecule has 3 heterocycles. The van der Waals surface area contributed by atoms with Gasteiger partial charge in [0.2, 0.25) is 0 Å². The van der Waals surface area contributed by atoms with Gasteiger partial charge in [-0.1, -0.05) is 70.2 Å². The quantitative estimate of drug-likeness (QED) is 0.240. The second kappa shape index (κ2) is 8.42. The van der Waals surface area contributed by atoms with Crippen molar-refractivity contribution in [3.8, 4) is 11.1 Å². The van der Waals surface area contributed by atoms with Gasteiger partial charge in [-0.2, -0.15) is 0 Å². The number of rotatable bonds is 4. The fraction of sp³-hybridized carbons (Fsp3) is 0.400. The molecule has 4 aromatic rings. The number of aromatic nitrogens is 2. The topological polar surface area (TPSA) is 44.2 Å². The van der Waals surface area contributed by atoms with Crippen molar-refractivity contribution in [1.82, 2.24) is 9.97 Å². The summed E-state index contributed by atoms with van der Waals surface area (Å²) in [6.45, 7) is 17.1. The highest BCUT2D eigenvalue weighted by Crippen LogP contribution is 2.37. The Kier molecular flexibility index (Phi) is 5.77. The van der Waals surface area contributed by atoms with Crippen LogP contribution in [0, 0.1) is 0 Å². The van der Waals surface area contributed by atoms with Crippen LogP contribution in [0.1, 0.15) is 78.6 Å². The van der Waals surface area contributed by atoms with Crippen LogP contribution in [0.3, 0.4) is 0 Å². The Labute approximate surface area is 209 Å². The first kappa shape index (κ1) is 24.0. The highest BCUT2D eigenvalue weighted by molar-refractivity contribution is 6.62. The lowest BCUT2D eigenvalue weighted by molar-refractivity contribution is 0.00578. The molecular formula is C30H35BN2O2. The van der Waals surface area contributed by atoms with E-state index >= 15 is 0 Å². The number of pyridine rings is 2. The average Bonchev–Trinajstić information content (AvgIpc) is 3.04. The van der Waals surface area contributed by atoms with Crippen molar-refractivity contribution in [2.75, 3.05) is 0 Å². The Balaban J connectivity index is 1.63. The lowest BCUT2D eigenvalue weighted by Crippen LogP contribution is -2.41. The van der Waals surface area contributed by atoms with Gasteiger partial charge >= 0.3 is 7.12 Å². The smallest absolute Gasteiger partial charge is 0.399 e. The van der Waals surface area contributed by atoms with Gasteiger partial charge in [0.15, 0.2) is 0 Å². The van der Waals surface area contributed by atoms with E-state index in [1.807, 2.05) is 0 Å². The summed E-state index contributed by atoms with van der Waals surface area (Å²) >= 11 is 0. The van der Waals surface area contributed by atoms with E-state index < -0.39 is 0 Å². The average molecular weight is 466 g/mol. The lowest BCUT2D eigenvalue weighted by atomic mass is 9.78. The SMILES string of the molecule is CC(C)c1ccc2ccc3c(-c4ccc(B5OC(C)(C)C(C)(C)O5)cc4)cc(C(C)C)nc3c2n1. The monoisotopic (exact) mass is 466 g/mol. The molecule has 5 heteroatoms. The van der Waals surface area contributed by atoms with Gasteiger partial charge in [0, 0.05) is 22.2 Å². The van der Waals surface area contributed by atoms with Gasteiger partial charge in [-0.05, 0) is 68.3 Å². The molecule has 0 spiro atoms. The van der Waals surface area contributed by atoms with Crippen LogP contribution in [0.15, 0.2) is 54.6 Å². The minimum absolute atomic E-state index is 0.311. The molecule has 2 aromatic carbocycles. The molecule has 0 amide bonds. The molecular weight excluding hydrogens is 431 g/mol. The molecule has 0 unspecified atom stereocenters. The van der Waals surface area contributed by atoms with Gasteiger partial charge in [0.05, 0.1) is 22.2 Å². The lowest BCUT2D eigenvalue weighted by Gasteiger charge is -2.32. The predicted molar refractivity (Wildman–Crippen MR) is 146 cm³/mol. The number of hydrogen-bond acceptors (Lipinski definition) is 4. The maximum atomic E-state index is 6.25. The third kappa shape index (κ3) is 4.15. The number of benzene rings is 2. The van der Waals surface area contributed by atoms with Gasteiger partial charge in [0.1, 0.15) is 0 Å². The summed E-state index contributed by atoms with van der Waals surface area (Å²) in [6.07, 6.45) is 0. The fourth-order valence-electron chi connectivity index (χ4n) is 4.56. The summed E-state index contributed by atoms with van der Waals surface area (Å²) in [7, 11) is -0.364. The molecule has 0 N–H and O–H groups in total. The standard InChI is InChI=1S/C30H35BN2O2/c1-18(2)25-16-12-21-11-15-23-24(17-26(19(3)4)33-28(23)27(21)32-25)20-9-13-22(14-10-20)31-34-29(5,6)30(7,8)35-31/h9-19H,1-8H3. The Hall–Kier alpha value is -2.76. The number of nitrogens with zero attached hydrogens (tertiary/aromatic N) is 2. The molecule has 1 aliphatic rings. The van der Waals surface area contributed by atoms with E-state index in [0.29, 0.717) is 11.8 Å². The minimum atomic E-state index is -0.364. The first-order valence-corrected chi connectivity index (χ1v) is 12.7. The van der Waals surface area contributed by atoms with Crippen LogP contribution < -0.4 is 5.46 Å². The highest BCUT2D eigenvalue weighted by Gasteiger charge is 2.51. The van der Waals surface area contributed by atoms with E-state index in [1.54, 1.807) is 0 Å². The maximum absolute atomic E-state index is 6.25. The zero-order chi connectivity index (χ0) is 25.1. The normalized spacial score (nSPS) is 17.3. The third-order valence-electron chi connectivity index (χ3n) is 7.61. The largest absolute Gasteiger partial charge is 0.494 e. The predicted octanol–water partition coefficient (Wildman–Crippen LogP) is 7.00. The van der Waals surface area contributed by atoms with Crippen LogP contribution in [-0.2, 0) is 9.31 Å². The molecule has 1 aliphatic heterocycles. The fourth-order valence-corrected chi connectivity index (χ4v) is 4.56. The van der Waals surface area contributed by atoms with E-state index in [9.17, 15) is 0 Å². The van der Waals surface area contributed by atoms with Crippen LogP contribution in [0.25, 0.3) is 32.9 Å². The summed E-state index contributed by atoms with van der Waals surface area (Å²) in [5, 5.41) is 2.25. The molecule has 0 saturated carbocycles. The van der Waals surface area contributed by atoms with Gasteiger partial charge < -0.3 is 9.31 Å². The molecule has 2 aromatic heterocycles. The molecule has 5 rings (SSSR count). The second-order valence-electron chi connectivity index (χ2n) is 11.4. The van der Waals surface area contributed by atoms with Crippen molar-refractivity contribution < 1.29 is 9.31 Å². The van der Waals surface area contributed by atoms with E-state index in [2.05, 4.69) is 110 Å². The van der Waals surface area contributed by atoms with Crippen LogP contribution in [0.5, 0.6) is 0 Å². The van der Waals surface area contributed by atoms with E-state index in [4.69, 9.17) is 19.3 Å². The zero-order valence-electron chi connectivity index (χ0n) is 22.1. The first-order chi connectivity index (χ1) is 16.5. The Morgan fingerprint density at radius 3 is 1.86 bits per heavy atom. The Morgan fingerprint density at radius 1 is 0.686 bits per heavy atom. The third-order valence-corrected chi connectivity index (χ3v) is 7.61. The Morgan fingerprint density at radius 2 is 1.26 bits per heavy atom. The minimum Gasteiger partial charge on any atom is -0.399 e. The van der Waals surface area contributed by atoms with E-state index in [1.165, 1.54) is 5.56 Å². The van der Waals surface area contributed by atoms with E-state index in [0.717, 1.165) is 44.2 Å². The number of hydrogen-bond donors (Lipinski definition) is 0. The summed E-state index contributed by atoms with van der Waals surface area (Å²) < 4.78 is 12.5. The van der Waals surface area contributed by atoms with E-state index in [-0.39, 0.29) is 18.3 Å². The second-order valence-corrected chi connectivity index (χ2v) is 11.4. The van der Waals surface area contributed by atoms with Crippen LogP contribution in [0.2, 0.25) is 0 Å². The van der Waals surface area contributed by atoms with Crippen molar-refractivity contribution in [3.05, 3.63) is 66.0 Å². The molecule has 180 valence electrons. The van der Waals surface area contributed by atoms with Crippen molar-refractivity contribution >= 4 is 34.4 Å². The highest BCUT2D eigenvalue weighted by atomic mass is 16.7. The molecule has 0 aliphatic carbocycles. The maximum Gasteiger partial charge on any atom is 0.494 e. The van der Waals surface area contributed by atoms with Crippen molar-refractivity contribution in [2.24, 2.45) is 0 Å². The van der Waals surface area contributed by atoms with Crippen LogP contribution >= 0.6 is 0 Å². The van der Waals surface area contributed by atoms with Gasteiger partial charge in [-0.15, -0.1) is 0 Å². The van der Waals surface area contributed by atoms with Crippen LogP contribution in [-0.4, -0.2) is 28.3 Å². The molecule has 0 atom stereocenters. The molecule has 0 bridgehead atoms. The molecule has 0 radical (unpaired) electrons. The van der Waals surface area contributed by atoms with Crippen molar-refractivity contribution in [1.29, 1.82) is 0 Å². The first-order valence-electron chi connectivity index (χ1n) is 12.7. The van der Waals surface area contributed by atoms with Gasteiger partial charge in [-0.3, -0.25) is 9.97 Å². The summed E-state index contributed by atoms with van der Waals surface area (Å²) in [5.74, 6) is 0.677. The molecule has 1 fully saturated rings. The Bertz CT molecular complexity index is 1390. The number of fused-ring (bicyclic) bond motifs is 3. The van der Waals surface area contributed by atoms with Gasteiger partial charge in [0.25, 0.3) is 0 Å². The van der Waals surface area contributed by atoms with Crippen molar-refractivity contribution in [3.63, 3.8) is 0 Å². The summed E-state index contributed by atoms with van der Waals surface area (Å²) in [6, 6.07) is 19.4. The van der Waals surface area contributed by atoms with Crippen LogP contribution in [0.4, 0.5) is 0 Å². The molecule has 35 heavy (non-hydrogen) atoms. The van der Waals surface area contributed by atoms with Crippen molar-refractivity contribution in [2.45, 2.75) is 78.4 Å². The molecule has 4 nitrogen and oxygen atoms in total. The molecule has 1 saturated heterocycles. The zero-order valence-corrected chi connectivity index (χ0v) is 22.1. The van der Waals surface area contributed by atoms with Gasteiger partial charge in [-0.25, -0.2) is 0 Å².